The van der Waals surface area contributed by atoms with Crippen molar-refractivity contribution in [3.8, 4) is 0 Å². The second kappa shape index (κ2) is 8.41. The van der Waals surface area contributed by atoms with Gasteiger partial charge in [-0.1, -0.05) is 29.3 Å². The summed E-state index contributed by atoms with van der Waals surface area (Å²) in [5, 5.41) is 4.11. The molecule has 1 aliphatic heterocycles. The molecule has 3 aromatic rings. The smallest absolute Gasteiger partial charge is 0.370 e. The number of halogens is 5. The fourth-order valence-electron chi connectivity index (χ4n) is 3.93. The van der Waals surface area contributed by atoms with Gasteiger partial charge in [-0.2, -0.15) is 13.2 Å². The lowest BCUT2D eigenvalue weighted by Crippen LogP contribution is -2.41. The first-order chi connectivity index (χ1) is 14.7. The number of aromatic nitrogens is 2. The van der Waals surface area contributed by atoms with E-state index in [4.69, 9.17) is 28.9 Å². The molecule has 0 radical (unpaired) electrons. The molecule has 0 saturated carbocycles. The molecule has 1 aromatic heterocycles. The maximum Gasteiger partial charge on any atom is 0.393 e. The summed E-state index contributed by atoms with van der Waals surface area (Å²) in [4.78, 5) is 6.30. The average molecular weight is 472 g/mol. The molecule has 3 N–H and O–H groups in total. The fraction of sp³-hybridized carbons (Fsp3) is 0.381. The molecule has 4 rings (SSSR count). The second-order valence-electron chi connectivity index (χ2n) is 7.76. The maximum absolute atomic E-state index is 13.2. The predicted octanol–water partition coefficient (Wildman–Crippen LogP) is 5.86. The van der Waals surface area contributed by atoms with E-state index in [-0.39, 0.29) is 13.0 Å². The Bertz CT molecular complexity index is 1110. The molecule has 0 aliphatic carbocycles. The Kier molecular flexibility index (Phi) is 5.98. The Morgan fingerprint density at radius 1 is 1.19 bits per heavy atom. The van der Waals surface area contributed by atoms with Gasteiger partial charge in [0.25, 0.3) is 0 Å². The maximum atomic E-state index is 13.2. The number of nitrogens with one attached hydrogen (secondary N) is 1. The van der Waals surface area contributed by atoms with Crippen molar-refractivity contribution in [2.75, 3.05) is 23.3 Å². The molecule has 5 nitrogen and oxygen atoms in total. The van der Waals surface area contributed by atoms with E-state index < -0.39 is 12.1 Å². The van der Waals surface area contributed by atoms with Crippen molar-refractivity contribution in [3.63, 3.8) is 0 Å². The van der Waals surface area contributed by atoms with E-state index in [2.05, 4.69) is 10.3 Å². The molecule has 2 aromatic carbocycles. The third-order valence-electron chi connectivity index (χ3n) is 5.69. The van der Waals surface area contributed by atoms with Gasteiger partial charge < -0.3 is 20.5 Å². The lowest BCUT2D eigenvalue weighted by Gasteiger charge is -2.35. The average Bonchev–Trinajstić information content (AvgIpc) is 3.02. The molecule has 0 spiro atoms. The minimum absolute atomic E-state index is 0.0980. The predicted molar refractivity (Wildman–Crippen MR) is 119 cm³/mol. The summed E-state index contributed by atoms with van der Waals surface area (Å²) in [6.07, 6.45) is -3.61. The standard InChI is InChI=1S/C21H22Cl2F3N5/c1-30-19-9-18(31-6-2-3-13(11-31)21(24,25)26)15(23)8-17(19)29-20(30)28-16-7-12(10-27)4-5-14(16)22/h4-5,7-9,13H,2-3,6,10-11,27H2,1H3,(H,28,29)/t13-/m0/s1. The summed E-state index contributed by atoms with van der Waals surface area (Å²) in [5.41, 5.74) is 9.26. The third-order valence-corrected chi connectivity index (χ3v) is 6.32. The normalized spacial score (nSPS) is 17.4. The lowest BCUT2D eigenvalue weighted by molar-refractivity contribution is -0.175. The monoisotopic (exact) mass is 471 g/mol. The van der Waals surface area contributed by atoms with Crippen LogP contribution in [0, 0.1) is 5.92 Å². The van der Waals surface area contributed by atoms with Crippen LogP contribution in [0.3, 0.4) is 0 Å². The highest BCUT2D eigenvalue weighted by Gasteiger charge is 2.42. The van der Waals surface area contributed by atoms with Crippen LogP contribution >= 0.6 is 23.2 Å². The number of hydrogen-bond donors (Lipinski definition) is 2. The summed E-state index contributed by atoms with van der Waals surface area (Å²) in [6.45, 7) is 0.809. The van der Waals surface area contributed by atoms with Crippen molar-refractivity contribution in [2.24, 2.45) is 18.7 Å². The van der Waals surface area contributed by atoms with E-state index in [1.54, 1.807) is 23.1 Å². The molecule has 1 saturated heterocycles. The van der Waals surface area contributed by atoms with Crippen LogP contribution in [0.4, 0.5) is 30.5 Å². The first-order valence-electron chi connectivity index (χ1n) is 9.90. The van der Waals surface area contributed by atoms with E-state index in [0.717, 1.165) is 11.1 Å². The van der Waals surface area contributed by atoms with E-state index in [9.17, 15) is 13.2 Å². The summed E-state index contributed by atoms with van der Waals surface area (Å²) in [6, 6.07) is 8.95. The quantitative estimate of drug-likeness (QED) is 0.500. The van der Waals surface area contributed by atoms with Crippen molar-refractivity contribution in [3.05, 3.63) is 45.9 Å². The van der Waals surface area contributed by atoms with Crippen LogP contribution in [0.5, 0.6) is 0 Å². The van der Waals surface area contributed by atoms with E-state index in [1.165, 1.54) is 0 Å². The van der Waals surface area contributed by atoms with Gasteiger partial charge in [-0.25, -0.2) is 4.98 Å². The van der Waals surface area contributed by atoms with Crippen LogP contribution < -0.4 is 16.0 Å². The Balaban J connectivity index is 1.68. The Morgan fingerprint density at radius 3 is 2.68 bits per heavy atom. The highest BCUT2D eigenvalue weighted by atomic mass is 35.5. The number of alkyl halides is 3. The molecule has 1 aliphatic rings. The largest absolute Gasteiger partial charge is 0.393 e. The first-order valence-corrected chi connectivity index (χ1v) is 10.7. The van der Waals surface area contributed by atoms with Gasteiger partial charge in [-0.15, -0.1) is 0 Å². The first kappa shape index (κ1) is 22.0. The number of nitrogens with two attached hydrogens (primary N) is 1. The molecule has 0 bridgehead atoms. The molecule has 31 heavy (non-hydrogen) atoms. The molecule has 1 fully saturated rings. The number of aryl methyl sites for hydroxylation is 1. The van der Waals surface area contributed by atoms with Crippen LogP contribution in [0.15, 0.2) is 30.3 Å². The number of fused-ring (bicyclic) bond motifs is 1. The topological polar surface area (TPSA) is 59.1 Å². The second-order valence-corrected chi connectivity index (χ2v) is 8.57. The zero-order valence-electron chi connectivity index (χ0n) is 16.8. The molecule has 0 amide bonds. The van der Waals surface area contributed by atoms with Crippen LogP contribution in [0.25, 0.3) is 11.0 Å². The molecule has 1 atom stereocenters. The number of piperidine rings is 1. The van der Waals surface area contributed by atoms with Gasteiger partial charge in [0, 0.05) is 26.7 Å². The number of hydrogen-bond acceptors (Lipinski definition) is 4. The molecule has 2 heterocycles. The van der Waals surface area contributed by atoms with Gasteiger partial charge in [-0.3, -0.25) is 0 Å². The Hall–Kier alpha value is -2.16. The SMILES string of the molecule is Cn1c(Nc2cc(CN)ccc2Cl)nc2cc(Cl)c(N3CCC[C@H](C(F)(F)F)C3)cc21. The van der Waals surface area contributed by atoms with Crippen LogP contribution in [-0.2, 0) is 13.6 Å². The van der Waals surface area contributed by atoms with Crippen LogP contribution in [0.2, 0.25) is 10.0 Å². The van der Waals surface area contributed by atoms with Crippen LogP contribution in [0.1, 0.15) is 18.4 Å². The number of nitrogens with zero attached hydrogens (tertiary/aromatic N) is 3. The van der Waals surface area contributed by atoms with Gasteiger partial charge in [0.15, 0.2) is 0 Å². The fourth-order valence-corrected chi connectivity index (χ4v) is 4.38. The van der Waals surface area contributed by atoms with Crippen molar-refractivity contribution < 1.29 is 13.2 Å². The van der Waals surface area contributed by atoms with E-state index in [0.29, 0.717) is 52.4 Å². The summed E-state index contributed by atoms with van der Waals surface area (Å²) in [7, 11) is 1.82. The van der Waals surface area contributed by atoms with Gasteiger partial charge in [-0.05, 0) is 42.7 Å². The Labute approximate surface area is 187 Å². The molecule has 0 unspecified atom stereocenters. The van der Waals surface area contributed by atoms with Crippen molar-refractivity contribution in [1.29, 1.82) is 0 Å². The van der Waals surface area contributed by atoms with Gasteiger partial charge in [0.2, 0.25) is 5.95 Å². The third kappa shape index (κ3) is 4.42. The number of benzene rings is 2. The highest BCUT2D eigenvalue weighted by Crippen LogP contribution is 2.39. The molecular weight excluding hydrogens is 450 g/mol. The van der Waals surface area contributed by atoms with Gasteiger partial charge in [0.05, 0.1) is 38.4 Å². The summed E-state index contributed by atoms with van der Waals surface area (Å²) >= 11 is 12.8. The number of imidazole rings is 1. The van der Waals surface area contributed by atoms with Crippen LogP contribution in [-0.4, -0.2) is 28.8 Å². The highest BCUT2D eigenvalue weighted by molar-refractivity contribution is 6.34. The zero-order chi connectivity index (χ0) is 22.3. The van der Waals surface area contributed by atoms with Crippen molar-refractivity contribution >= 4 is 51.6 Å². The lowest BCUT2D eigenvalue weighted by atomic mass is 9.97. The number of rotatable bonds is 4. The van der Waals surface area contributed by atoms with E-state index in [1.807, 2.05) is 23.7 Å². The van der Waals surface area contributed by atoms with E-state index >= 15 is 0 Å². The molecule has 166 valence electrons. The van der Waals surface area contributed by atoms with Gasteiger partial charge >= 0.3 is 6.18 Å². The minimum Gasteiger partial charge on any atom is -0.370 e. The van der Waals surface area contributed by atoms with Gasteiger partial charge in [0.1, 0.15) is 0 Å². The minimum atomic E-state index is -4.21. The zero-order valence-corrected chi connectivity index (χ0v) is 18.3. The van der Waals surface area contributed by atoms with Crippen molar-refractivity contribution in [2.45, 2.75) is 25.6 Å². The Morgan fingerprint density at radius 2 is 1.97 bits per heavy atom. The molecule has 10 heteroatoms. The van der Waals surface area contributed by atoms with Crippen molar-refractivity contribution in [1.82, 2.24) is 9.55 Å². The summed E-state index contributed by atoms with van der Waals surface area (Å²) < 4.78 is 41.6. The number of anilines is 3. The molecular formula is C21H22Cl2F3N5. The summed E-state index contributed by atoms with van der Waals surface area (Å²) in [5.74, 6) is -0.820.